The first-order chi connectivity index (χ1) is 14.2. The summed E-state index contributed by atoms with van der Waals surface area (Å²) in [5, 5.41) is 10.7. The van der Waals surface area contributed by atoms with Crippen molar-refractivity contribution in [2.24, 2.45) is 39.9 Å². The van der Waals surface area contributed by atoms with Gasteiger partial charge in [-0.15, -0.1) is 0 Å². The number of carbonyl (C=O) groups excluding carboxylic acids is 1. The largest absolute Gasteiger partial charge is 1.00 e. The minimum Gasteiger partial charge on any atom is -0.809 e. The third-order valence-electron chi connectivity index (χ3n) is 10.7. The van der Waals surface area contributed by atoms with Crippen molar-refractivity contribution in [1.29, 1.82) is 0 Å². The summed E-state index contributed by atoms with van der Waals surface area (Å²) >= 11 is 0. The molecule has 9 heteroatoms. The van der Waals surface area contributed by atoms with E-state index in [0.717, 1.165) is 51.4 Å². The van der Waals surface area contributed by atoms with Crippen LogP contribution in [0.4, 0.5) is 0 Å². The van der Waals surface area contributed by atoms with Crippen molar-refractivity contribution in [3.8, 4) is 0 Å². The second-order valence-corrected chi connectivity index (χ2v) is 13.7. The Kier molecular flexibility index (Phi) is 9.83. The zero-order chi connectivity index (χ0) is 22.9. The predicted molar refractivity (Wildman–Crippen MR) is 114 cm³/mol. The van der Waals surface area contributed by atoms with Crippen molar-refractivity contribution in [2.45, 2.75) is 91.1 Å². The average molecular weight is 501 g/mol. The molecular weight excluding hydrogens is 461 g/mol. The van der Waals surface area contributed by atoms with Crippen molar-refractivity contribution in [3.63, 3.8) is 0 Å². The van der Waals surface area contributed by atoms with Gasteiger partial charge in [-0.1, -0.05) is 20.8 Å². The molecule has 0 aliphatic heterocycles. The molecule has 3 unspecified atom stereocenters. The van der Waals surface area contributed by atoms with Crippen LogP contribution >= 0.6 is 7.60 Å². The molecule has 0 saturated heterocycles. The number of aliphatic hydroxyl groups is 1. The summed E-state index contributed by atoms with van der Waals surface area (Å²) in [6.45, 7) is 8.83. The number of rotatable bonds is 5. The Morgan fingerprint density at radius 2 is 1.58 bits per heavy atom. The summed E-state index contributed by atoms with van der Waals surface area (Å²) in [7, 11) is -4.76. The monoisotopic (exact) mass is 500 g/mol. The van der Waals surface area contributed by atoms with E-state index >= 15 is 0 Å². The maximum Gasteiger partial charge on any atom is 1.00 e. The minimum absolute atomic E-state index is 0. The van der Waals surface area contributed by atoms with Gasteiger partial charge in [-0.2, -0.15) is 0 Å². The first-order valence-corrected chi connectivity index (χ1v) is 13.8. The Morgan fingerprint density at radius 1 is 0.939 bits per heavy atom. The summed E-state index contributed by atoms with van der Waals surface area (Å²) in [5.74, 6) is 1.61. The van der Waals surface area contributed by atoms with Crippen LogP contribution in [0, 0.1) is 39.9 Å². The van der Waals surface area contributed by atoms with Crippen molar-refractivity contribution in [1.82, 2.24) is 0 Å². The van der Waals surface area contributed by atoms with Crippen LogP contribution in [0.15, 0.2) is 0 Å². The van der Waals surface area contributed by atoms with Gasteiger partial charge in [-0.25, -0.2) is 0 Å². The van der Waals surface area contributed by atoms with E-state index in [1.807, 2.05) is 6.92 Å². The van der Waals surface area contributed by atoms with Gasteiger partial charge in [0.05, 0.1) is 11.9 Å². The summed E-state index contributed by atoms with van der Waals surface area (Å²) < 4.78 is 15.8. The van der Waals surface area contributed by atoms with Crippen LogP contribution in [-0.2, 0) is 14.1 Å². The van der Waals surface area contributed by atoms with E-state index in [1.165, 1.54) is 6.42 Å². The van der Waals surface area contributed by atoms with Gasteiger partial charge in [-0.05, 0) is 106 Å². The SMILES string of the molecule is C[C@@]1(O)CC[C@@]2(C)C(CCC3C2CC[C@]2(C)[C@@H](C(=O)COCP(=O)([O-])[O-])CC[C@@]32C)C1.[Na+].[Na+]. The van der Waals surface area contributed by atoms with Crippen LogP contribution < -0.4 is 68.9 Å². The number of ether oxygens (including phenoxy) is 1. The standard InChI is InChI=1S/C24H41O6P.2Na/c1-21(26)11-12-22(2)16(13-21)5-6-18-17(22)7-9-24(4)19(8-10-23(18,24)3)20(25)14-30-15-31(27,28)29;;/h16-19,26H,5-15H2,1-4H3,(H2,27,28,29);;/q;2*+1/p-2/t16?,17?,18?,19-,21-,22+,23+,24-;;/m1../s1. The molecule has 0 bridgehead atoms. The molecule has 8 atom stereocenters. The first kappa shape index (κ1) is 31.0. The molecule has 33 heavy (non-hydrogen) atoms. The second kappa shape index (κ2) is 10.5. The normalized spacial score (nSPS) is 46.8. The molecule has 0 aromatic carbocycles. The van der Waals surface area contributed by atoms with E-state index in [2.05, 4.69) is 20.8 Å². The average Bonchev–Trinajstić information content (AvgIpc) is 2.92. The Bertz CT molecular complexity index is 787. The molecule has 4 aliphatic rings. The summed E-state index contributed by atoms with van der Waals surface area (Å²) in [5.41, 5.74) is -0.301. The summed E-state index contributed by atoms with van der Waals surface area (Å²) in [4.78, 5) is 34.7. The zero-order valence-electron chi connectivity index (χ0n) is 21.5. The van der Waals surface area contributed by atoms with Crippen LogP contribution in [0.25, 0.3) is 0 Å². The van der Waals surface area contributed by atoms with Gasteiger partial charge in [0.25, 0.3) is 0 Å². The smallest absolute Gasteiger partial charge is 0.809 e. The first-order valence-electron chi connectivity index (χ1n) is 12.1. The molecule has 0 heterocycles. The molecular formula is C24H39Na2O6P. The van der Waals surface area contributed by atoms with Gasteiger partial charge < -0.3 is 24.2 Å². The fourth-order valence-corrected chi connectivity index (χ4v) is 9.02. The third kappa shape index (κ3) is 5.48. The fraction of sp³-hybridized carbons (Fsp3) is 0.958. The Morgan fingerprint density at radius 3 is 2.21 bits per heavy atom. The maximum atomic E-state index is 13.0. The number of fused-ring (bicyclic) bond motifs is 5. The van der Waals surface area contributed by atoms with E-state index < -0.39 is 19.5 Å². The number of hydrogen-bond donors (Lipinski definition) is 1. The summed E-state index contributed by atoms with van der Waals surface area (Å²) in [6, 6.07) is 0. The molecule has 4 rings (SSSR count). The topological polar surface area (TPSA) is 110 Å². The number of Topliss-reactive ketones (excluding diaryl/α,β-unsaturated/α-hetero) is 1. The van der Waals surface area contributed by atoms with E-state index in [1.54, 1.807) is 0 Å². The predicted octanol–water partition coefficient (Wildman–Crippen LogP) is -2.75. The molecule has 0 aromatic rings. The molecule has 0 aromatic heterocycles. The van der Waals surface area contributed by atoms with Crippen molar-refractivity contribution >= 4 is 13.4 Å². The van der Waals surface area contributed by atoms with E-state index in [4.69, 9.17) is 4.74 Å². The van der Waals surface area contributed by atoms with Gasteiger partial charge in [0.2, 0.25) is 0 Å². The Labute approximate surface area is 243 Å². The van der Waals surface area contributed by atoms with Gasteiger partial charge >= 0.3 is 59.1 Å². The van der Waals surface area contributed by atoms with Crippen molar-refractivity contribution < 1.29 is 88.1 Å². The van der Waals surface area contributed by atoms with Crippen LogP contribution in [0.5, 0.6) is 0 Å². The van der Waals surface area contributed by atoms with Gasteiger partial charge in [0.1, 0.15) is 6.61 Å². The van der Waals surface area contributed by atoms with Gasteiger partial charge in [0.15, 0.2) is 5.78 Å². The zero-order valence-corrected chi connectivity index (χ0v) is 26.4. The molecule has 4 aliphatic carbocycles. The van der Waals surface area contributed by atoms with Crippen LogP contribution in [0.2, 0.25) is 0 Å². The van der Waals surface area contributed by atoms with E-state index in [0.29, 0.717) is 17.8 Å². The molecule has 0 radical (unpaired) electrons. The molecule has 0 spiro atoms. The van der Waals surface area contributed by atoms with Crippen molar-refractivity contribution in [3.05, 3.63) is 0 Å². The molecule has 0 amide bonds. The summed E-state index contributed by atoms with van der Waals surface area (Å²) in [6.07, 6.45) is 8.23. The maximum absolute atomic E-state index is 13.0. The van der Waals surface area contributed by atoms with E-state index in [-0.39, 0.29) is 93.7 Å². The van der Waals surface area contributed by atoms with Gasteiger partial charge in [0, 0.05) is 5.92 Å². The molecule has 1 N–H and O–H groups in total. The van der Waals surface area contributed by atoms with Gasteiger partial charge in [-0.3, -0.25) is 4.79 Å². The Hall–Kier alpha value is 1.74. The molecule has 6 nitrogen and oxygen atoms in total. The number of hydrogen-bond acceptors (Lipinski definition) is 6. The molecule has 4 fully saturated rings. The van der Waals surface area contributed by atoms with Crippen LogP contribution in [-0.4, -0.2) is 29.4 Å². The second-order valence-electron chi connectivity index (χ2n) is 12.2. The Balaban J connectivity index is 0.00000193. The minimum atomic E-state index is -4.76. The van der Waals surface area contributed by atoms with Crippen LogP contribution in [0.3, 0.4) is 0 Å². The quantitative estimate of drug-likeness (QED) is 0.324. The number of carbonyl (C=O) groups is 1. The number of ketones is 1. The van der Waals surface area contributed by atoms with Crippen LogP contribution in [0.1, 0.15) is 85.5 Å². The third-order valence-corrected chi connectivity index (χ3v) is 11.2. The molecule has 4 saturated carbocycles. The fourth-order valence-electron chi connectivity index (χ4n) is 8.71. The molecule has 178 valence electrons. The van der Waals surface area contributed by atoms with Crippen molar-refractivity contribution in [2.75, 3.05) is 13.0 Å². The van der Waals surface area contributed by atoms with E-state index in [9.17, 15) is 24.3 Å².